The summed E-state index contributed by atoms with van der Waals surface area (Å²) in [5, 5.41) is 23.8. The summed E-state index contributed by atoms with van der Waals surface area (Å²) in [6.45, 7) is 0.805. The van der Waals surface area contributed by atoms with Crippen LogP contribution in [0.1, 0.15) is 22.7 Å². The van der Waals surface area contributed by atoms with Crippen molar-refractivity contribution in [3.63, 3.8) is 0 Å². The fraction of sp³-hybridized carbons (Fsp3) is 0.294. The Hall–Kier alpha value is -1.33. The number of fused-ring (bicyclic) bond motifs is 1. The molecule has 0 fully saturated rings. The van der Waals surface area contributed by atoms with Gasteiger partial charge in [0.05, 0.1) is 17.2 Å². The lowest BCUT2D eigenvalue weighted by Crippen LogP contribution is -2.31. The van der Waals surface area contributed by atoms with E-state index in [-0.39, 0.29) is 29.9 Å². The van der Waals surface area contributed by atoms with E-state index in [4.69, 9.17) is 27.9 Å². The molecule has 24 heavy (non-hydrogen) atoms. The molecule has 0 saturated carbocycles. The SMILES string of the molecule is COc1c(Cl)cc(C[C@H]2NCCc3cc(O)c(O)cc32)cc1Cl.Cl. The van der Waals surface area contributed by atoms with Crippen molar-refractivity contribution in [2.45, 2.75) is 18.9 Å². The predicted molar refractivity (Wildman–Crippen MR) is 98.2 cm³/mol. The third kappa shape index (κ3) is 3.67. The van der Waals surface area contributed by atoms with Crippen LogP contribution in [0.4, 0.5) is 0 Å². The number of methoxy groups -OCH3 is 1. The molecule has 1 aliphatic heterocycles. The molecular formula is C17H18Cl3NO3. The average Bonchev–Trinajstić information content (AvgIpc) is 2.49. The van der Waals surface area contributed by atoms with E-state index in [0.29, 0.717) is 22.2 Å². The number of hydrogen-bond acceptors (Lipinski definition) is 4. The van der Waals surface area contributed by atoms with Gasteiger partial charge in [-0.25, -0.2) is 0 Å². The summed E-state index contributed by atoms with van der Waals surface area (Å²) < 4.78 is 5.17. The number of rotatable bonds is 3. The summed E-state index contributed by atoms with van der Waals surface area (Å²) in [4.78, 5) is 0. The first-order chi connectivity index (χ1) is 11.0. The van der Waals surface area contributed by atoms with Crippen LogP contribution in [0.25, 0.3) is 0 Å². The summed E-state index contributed by atoms with van der Waals surface area (Å²) in [6.07, 6.45) is 1.48. The first kappa shape index (κ1) is 19.0. The molecule has 1 heterocycles. The Morgan fingerprint density at radius 1 is 1.12 bits per heavy atom. The van der Waals surface area contributed by atoms with Gasteiger partial charge in [-0.2, -0.15) is 0 Å². The van der Waals surface area contributed by atoms with E-state index >= 15 is 0 Å². The summed E-state index contributed by atoms with van der Waals surface area (Å²) >= 11 is 12.4. The van der Waals surface area contributed by atoms with Crippen molar-refractivity contribution >= 4 is 35.6 Å². The molecule has 2 aromatic carbocycles. The van der Waals surface area contributed by atoms with Crippen molar-refractivity contribution in [1.29, 1.82) is 0 Å². The van der Waals surface area contributed by atoms with E-state index in [0.717, 1.165) is 29.7 Å². The van der Waals surface area contributed by atoms with Crippen molar-refractivity contribution in [3.8, 4) is 17.2 Å². The number of phenols is 2. The second-order valence-electron chi connectivity index (χ2n) is 5.59. The van der Waals surface area contributed by atoms with Gasteiger partial charge in [-0.15, -0.1) is 12.4 Å². The maximum Gasteiger partial charge on any atom is 0.157 e. The number of hydrogen-bond donors (Lipinski definition) is 3. The zero-order chi connectivity index (χ0) is 16.6. The van der Waals surface area contributed by atoms with Crippen LogP contribution < -0.4 is 10.1 Å². The lowest BCUT2D eigenvalue weighted by molar-refractivity contribution is 0.398. The first-order valence-electron chi connectivity index (χ1n) is 7.29. The molecule has 7 heteroatoms. The molecule has 0 aromatic heterocycles. The fourth-order valence-electron chi connectivity index (χ4n) is 3.01. The molecule has 0 amide bonds. The smallest absolute Gasteiger partial charge is 0.157 e. The lowest BCUT2D eigenvalue weighted by atomic mass is 9.90. The number of nitrogens with one attached hydrogen (secondary N) is 1. The Labute approximate surface area is 156 Å². The molecule has 0 unspecified atom stereocenters. The number of benzene rings is 2. The highest BCUT2D eigenvalue weighted by Crippen LogP contribution is 2.37. The van der Waals surface area contributed by atoms with Crippen molar-refractivity contribution in [2.75, 3.05) is 13.7 Å². The van der Waals surface area contributed by atoms with Crippen LogP contribution in [0.3, 0.4) is 0 Å². The predicted octanol–water partition coefficient (Wildman–Crippen LogP) is 4.26. The molecular weight excluding hydrogens is 373 g/mol. The van der Waals surface area contributed by atoms with Crippen LogP contribution in [0.2, 0.25) is 10.0 Å². The van der Waals surface area contributed by atoms with Gasteiger partial charge in [0.2, 0.25) is 0 Å². The third-order valence-electron chi connectivity index (χ3n) is 4.10. The van der Waals surface area contributed by atoms with Crippen LogP contribution in [-0.2, 0) is 12.8 Å². The van der Waals surface area contributed by atoms with Gasteiger partial charge in [0.15, 0.2) is 17.2 Å². The summed E-state index contributed by atoms with van der Waals surface area (Å²) in [5.41, 5.74) is 2.99. The molecule has 1 aliphatic rings. The quantitative estimate of drug-likeness (QED) is 0.685. The van der Waals surface area contributed by atoms with E-state index in [1.54, 1.807) is 12.1 Å². The summed E-state index contributed by atoms with van der Waals surface area (Å²) in [6, 6.07) is 6.94. The maximum absolute atomic E-state index is 9.78. The van der Waals surface area contributed by atoms with Gasteiger partial charge < -0.3 is 20.3 Å². The second kappa shape index (κ2) is 7.70. The first-order valence-corrected chi connectivity index (χ1v) is 8.05. The van der Waals surface area contributed by atoms with Gasteiger partial charge in [-0.3, -0.25) is 0 Å². The van der Waals surface area contributed by atoms with Gasteiger partial charge in [-0.1, -0.05) is 23.2 Å². The molecule has 0 aliphatic carbocycles. The van der Waals surface area contributed by atoms with Gasteiger partial charge in [0, 0.05) is 6.04 Å². The lowest BCUT2D eigenvalue weighted by Gasteiger charge is -2.27. The van der Waals surface area contributed by atoms with E-state index in [9.17, 15) is 10.2 Å². The molecule has 3 rings (SSSR count). The molecule has 4 nitrogen and oxygen atoms in total. The van der Waals surface area contributed by atoms with Crippen LogP contribution in [0, 0.1) is 0 Å². The summed E-state index contributed by atoms with van der Waals surface area (Å²) in [5.74, 6) is 0.278. The highest BCUT2D eigenvalue weighted by molar-refractivity contribution is 6.37. The van der Waals surface area contributed by atoms with Crippen LogP contribution >= 0.6 is 35.6 Å². The fourth-order valence-corrected chi connectivity index (χ4v) is 3.70. The minimum absolute atomic E-state index is 0. The zero-order valence-electron chi connectivity index (χ0n) is 13.0. The highest BCUT2D eigenvalue weighted by atomic mass is 35.5. The Morgan fingerprint density at radius 3 is 2.38 bits per heavy atom. The second-order valence-corrected chi connectivity index (χ2v) is 6.41. The molecule has 2 aromatic rings. The largest absolute Gasteiger partial charge is 0.504 e. The zero-order valence-corrected chi connectivity index (χ0v) is 15.3. The Bertz CT molecular complexity index is 729. The third-order valence-corrected chi connectivity index (χ3v) is 4.66. The summed E-state index contributed by atoms with van der Waals surface area (Å²) in [7, 11) is 1.53. The topological polar surface area (TPSA) is 61.7 Å². The van der Waals surface area contributed by atoms with E-state index < -0.39 is 0 Å². The van der Waals surface area contributed by atoms with Gasteiger partial charge in [0.25, 0.3) is 0 Å². The number of phenolic OH excluding ortho intramolecular Hbond substituents is 2. The minimum atomic E-state index is -0.108. The molecule has 0 radical (unpaired) electrons. The molecule has 1 atom stereocenters. The Kier molecular flexibility index (Phi) is 6.10. The number of ether oxygens (including phenoxy) is 1. The molecule has 0 spiro atoms. The monoisotopic (exact) mass is 389 g/mol. The van der Waals surface area contributed by atoms with E-state index in [1.165, 1.54) is 7.11 Å². The Balaban J connectivity index is 0.00000208. The molecule has 0 saturated heterocycles. The highest BCUT2D eigenvalue weighted by Gasteiger charge is 2.22. The van der Waals surface area contributed by atoms with Gasteiger partial charge >= 0.3 is 0 Å². The number of halogens is 3. The van der Waals surface area contributed by atoms with Crippen molar-refractivity contribution in [3.05, 3.63) is 51.0 Å². The van der Waals surface area contributed by atoms with Crippen LogP contribution in [-0.4, -0.2) is 23.9 Å². The van der Waals surface area contributed by atoms with Gasteiger partial charge in [-0.05, 0) is 60.3 Å². The Morgan fingerprint density at radius 2 is 1.75 bits per heavy atom. The van der Waals surface area contributed by atoms with Crippen molar-refractivity contribution in [2.24, 2.45) is 0 Å². The van der Waals surface area contributed by atoms with Crippen molar-refractivity contribution < 1.29 is 14.9 Å². The van der Waals surface area contributed by atoms with Gasteiger partial charge in [0.1, 0.15) is 0 Å². The average molecular weight is 391 g/mol. The van der Waals surface area contributed by atoms with E-state index in [1.807, 2.05) is 12.1 Å². The van der Waals surface area contributed by atoms with E-state index in [2.05, 4.69) is 5.32 Å². The van der Waals surface area contributed by atoms with Crippen molar-refractivity contribution in [1.82, 2.24) is 5.32 Å². The molecule has 3 N–H and O–H groups in total. The normalized spacial score (nSPS) is 16.2. The van der Waals surface area contributed by atoms with Crippen LogP contribution in [0.15, 0.2) is 24.3 Å². The minimum Gasteiger partial charge on any atom is -0.504 e. The molecule has 0 bridgehead atoms. The standard InChI is InChI=1S/C17H17Cl2NO3.ClH/c1-23-17-12(18)4-9(5-13(17)19)6-14-11-8-16(22)15(21)7-10(11)2-3-20-14;/h4-5,7-8,14,20-22H,2-3,6H2,1H3;1H/t14-;/m1./s1. The number of aromatic hydroxyl groups is 2. The molecule has 130 valence electrons. The maximum atomic E-state index is 9.78. The van der Waals surface area contributed by atoms with Crippen LogP contribution in [0.5, 0.6) is 17.2 Å².